The molecule has 4 rings (SSSR count). The molecule has 1 aliphatic rings. The minimum Gasteiger partial charge on any atom is -0.456 e. The van der Waals surface area contributed by atoms with E-state index in [4.69, 9.17) is 26.2 Å². The van der Waals surface area contributed by atoms with Crippen molar-refractivity contribution in [1.29, 1.82) is 0 Å². The van der Waals surface area contributed by atoms with Gasteiger partial charge in [0.15, 0.2) is 0 Å². The molecule has 0 saturated heterocycles. The van der Waals surface area contributed by atoms with Crippen molar-refractivity contribution in [3.05, 3.63) is 70.5 Å². The Labute approximate surface area is 233 Å². The number of nitrogens with one attached hydrogen (secondary N) is 3. The number of hydrogen-bond acceptors (Lipinski definition) is 8. The van der Waals surface area contributed by atoms with Crippen molar-refractivity contribution < 1.29 is 32.5 Å². The molecular formula is C27H27ClF3N5O4. The Morgan fingerprint density at radius 3 is 2.77 bits per heavy atom. The van der Waals surface area contributed by atoms with Crippen molar-refractivity contribution >= 4 is 40.9 Å². The van der Waals surface area contributed by atoms with Crippen molar-refractivity contribution in [3.63, 3.8) is 0 Å². The van der Waals surface area contributed by atoms with Crippen LogP contribution in [0.2, 0.25) is 5.02 Å². The summed E-state index contributed by atoms with van der Waals surface area (Å²) in [5.41, 5.74) is 0.808. The molecule has 0 spiro atoms. The quantitative estimate of drug-likeness (QED) is 0.224. The van der Waals surface area contributed by atoms with Gasteiger partial charge in [-0.2, -0.15) is 13.2 Å². The minimum absolute atomic E-state index is 0.00251. The largest absolute Gasteiger partial charge is 0.456 e. The molecule has 0 saturated carbocycles. The summed E-state index contributed by atoms with van der Waals surface area (Å²) in [5, 5.41) is 18.1. The smallest absolute Gasteiger partial charge is 0.416 e. The lowest BCUT2D eigenvalue weighted by molar-refractivity contribution is -0.137. The van der Waals surface area contributed by atoms with Crippen LogP contribution in [0.5, 0.6) is 11.5 Å². The lowest BCUT2D eigenvalue weighted by Gasteiger charge is -2.14. The number of carbonyl (C=O) groups is 1. The number of aromatic nitrogens is 2. The maximum Gasteiger partial charge on any atom is 0.416 e. The van der Waals surface area contributed by atoms with Gasteiger partial charge in [-0.1, -0.05) is 17.7 Å². The van der Waals surface area contributed by atoms with Gasteiger partial charge < -0.3 is 30.5 Å². The highest BCUT2D eigenvalue weighted by molar-refractivity contribution is 6.32. The number of aliphatic hydroxyl groups is 1. The predicted octanol–water partition coefficient (Wildman–Crippen LogP) is 5.40. The van der Waals surface area contributed by atoms with E-state index in [9.17, 15) is 18.0 Å². The van der Waals surface area contributed by atoms with E-state index in [2.05, 4.69) is 25.9 Å². The van der Waals surface area contributed by atoms with Gasteiger partial charge in [0.05, 0.1) is 22.8 Å². The van der Waals surface area contributed by atoms with Crippen LogP contribution >= 0.6 is 11.6 Å². The lowest BCUT2D eigenvalue weighted by Crippen LogP contribution is -2.29. The van der Waals surface area contributed by atoms with Gasteiger partial charge in [0, 0.05) is 37.6 Å². The molecule has 1 aliphatic heterocycles. The first-order chi connectivity index (χ1) is 19.2. The minimum atomic E-state index is -4.49. The molecule has 0 unspecified atom stereocenters. The number of benzene rings is 2. The molecular weight excluding hydrogens is 551 g/mol. The molecule has 2 heterocycles. The molecule has 3 aromatic rings. The predicted molar refractivity (Wildman–Crippen MR) is 145 cm³/mol. The number of alkyl halides is 3. The molecule has 40 heavy (non-hydrogen) atoms. The zero-order valence-corrected chi connectivity index (χ0v) is 22.0. The third-order valence-electron chi connectivity index (χ3n) is 5.74. The fourth-order valence-electron chi connectivity index (χ4n) is 3.79. The second kappa shape index (κ2) is 13.5. The van der Waals surface area contributed by atoms with Gasteiger partial charge in [-0.3, -0.25) is 4.79 Å². The van der Waals surface area contributed by atoms with Gasteiger partial charge in [-0.25, -0.2) is 9.97 Å². The number of hydrogen-bond donors (Lipinski definition) is 4. The third kappa shape index (κ3) is 7.84. The Kier molecular flexibility index (Phi) is 9.80. The van der Waals surface area contributed by atoms with Gasteiger partial charge in [0.25, 0.3) is 0 Å². The third-order valence-corrected chi connectivity index (χ3v) is 6.04. The van der Waals surface area contributed by atoms with E-state index in [0.29, 0.717) is 67.6 Å². The second-order valence-electron chi connectivity index (χ2n) is 8.67. The van der Waals surface area contributed by atoms with Crippen LogP contribution in [0.15, 0.2) is 54.4 Å². The number of anilines is 3. The Hall–Kier alpha value is -3.87. The molecule has 0 bridgehead atoms. The lowest BCUT2D eigenvalue weighted by atomic mass is 10.1. The number of carbonyl (C=O) groups excluding carboxylic acids is 1. The number of fused-ring (bicyclic) bond motifs is 1. The summed E-state index contributed by atoms with van der Waals surface area (Å²) in [7, 11) is 0. The van der Waals surface area contributed by atoms with E-state index in [-0.39, 0.29) is 29.0 Å². The summed E-state index contributed by atoms with van der Waals surface area (Å²) in [6, 6.07) is 9.24. The van der Waals surface area contributed by atoms with Crippen molar-refractivity contribution in [1.82, 2.24) is 15.3 Å². The number of aliphatic hydroxyl groups excluding tert-OH is 1. The number of halogens is 4. The number of ether oxygens (including phenoxy) is 2. The number of nitrogens with zero attached hydrogens (tertiary/aromatic N) is 2. The van der Waals surface area contributed by atoms with E-state index < -0.39 is 11.7 Å². The zero-order valence-electron chi connectivity index (χ0n) is 21.2. The maximum atomic E-state index is 13.0. The highest BCUT2D eigenvalue weighted by Gasteiger charge is 2.30. The van der Waals surface area contributed by atoms with Crippen molar-refractivity contribution in [2.45, 2.75) is 19.0 Å². The molecule has 0 aliphatic carbocycles. The van der Waals surface area contributed by atoms with E-state index in [0.717, 1.165) is 12.1 Å². The Morgan fingerprint density at radius 1 is 1.15 bits per heavy atom. The van der Waals surface area contributed by atoms with E-state index in [1.54, 1.807) is 18.2 Å². The molecule has 13 heteroatoms. The van der Waals surface area contributed by atoms with Gasteiger partial charge in [-0.05, 0) is 55.3 Å². The van der Waals surface area contributed by atoms with Crippen LogP contribution in [0, 0.1) is 0 Å². The molecule has 1 aromatic heterocycles. The summed E-state index contributed by atoms with van der Waals surface area (Å²) >= 11 is 6.38. The monoisotopic (exact) mass is 577 g/mol. The average Bonchev–Trinajstić information content (AvgIpc) is 3.15. The van der Waals surface area contributed by atoms with Gasteiger partial charge in [0.1, 0.15) is 29.5 Å². The van der Waals surface area contributed by atoms with Crippen molar-refractivity contribution in [3.8, 4) is 11.5 Å². The van der Waals surface area contributed by atoms with Crippen LogP contribution in [0.1, 0.15) is 24.0 Å². The fraction of sp³-hybridized carbons (Fsp3) is 0.296. The van der Waals surface area contributed by atoms with Crippen LogP contribution in [0.25, 0.3) is 6.08 Å². The first kappa shape index (κ1) is 29.1. The standard InChI is InChI=1S/C27H27ClF3N5O4/c28-22-15-19(5-6-23(22)40-20-4-1-3-18(14-20)27(29,30)31)36-25-21-13-17(7-8-32-24(21)34-16-35-25)26(38)33-9-12-39-11-2-10-37/h1,3-6,13-16,37H,2,7-12H2,(H,33,38)(H2,32,34,35,36). The number of amides is 1. The Bertz CT molecular complexity index is 1370. The maximum absolute atomic E-state index is 13.0. The molecule has 1 amide bonds. The van der Waals surface area contributed by atoms with E-state index in [1.165, 1.54) is 24.5 Å². The first-order valence-corrected chi connectivity index (χ1v) is 12.8. The number of rotatable bonds is 11. The molecule has 212 valence electrons. The second-order valence-corrected chi connectivity index (χ2v) is 9.08. The van der Waals surface area contributed by atoms with Crippen LogP contribution in [0.4, 0.5) is 30.5 Å². The first-order valence-electron chi connectivity index (χ1n) is 12.4. The van der Waals surface area contributed by atoms with Crippen LogP contribution < -0.4 is 20.7 Å². The fourth-order valence-corrected chi connectivity index (χ4v) is 4.01. The van der Waals surface area contributed by atoms with Crippen LogP contribution in [-0.4, -0.2) is 53.9 Å². The summed E-state index contributed by atoms with van der Waals surface area (Å²) in [4.78, 5) is 21.4. The summed E-state index contributed by atoms with van der Waals surface area (Å²) in [6.45, 7) is 1.61. The van der Waals surface area contributed by atoms with Gasteiger partial charge >= 0.3 is 6.18 Å². The van der Waals surface area contributed by atoms with Crippen molar-refractivity contribution in [2.75, 3.05) is 43.5 Å². The summed E-state index contributed by atoms with van der Waals surface area (Å²) in [5.74, 6) is 0.892. The topological polar surface area (TPSA) is 118 Å². The molecule has 0 fully saturated rings. The summed E-state index contributed by atoms with van der Waals surface area (Å²) < 4.78 is 50.0. The molecule has 4 N–H and O–H groups in total. The van der Waals surface area contributed by atoms with Gasteiger partial charge in [0.2, 0.25) is 5.91 Å². The molecule has 2 aromatic carbocycles. The SMILES string of the molecule is O=C(NCCOCCCO)C1=Cc2c(ncnc2Nc2ccc(Oc3cccc(C(F)(F)F)c3)c(Cl)c2)NCC1. The van der Waals surface area contributed by atoms with Crippen LogP contribution in [-0.2, 0) is 15.7 Å². The van der Waals surface area contributed by atoms with Crippen LogP contribution in [0.3, 0.4) is 0 Å². The van der Waals surface area contributed by atoms with Crippen molar-refractivity contribution in [2.24, 2.45) is 0 Å². The molecule has 9 nitrogen and oxygen atoms in total. The highest BCUT2D eigenvalue weighted by Crippen LogP contribution is 2.36. The normalized spacial score (nSPS) is 13.0. The highest BCUT2D eigenvalue weighted by atomic mass is 35.5. The summed E-state index contributed by atoms with van der Waals surface area (Å²) in [6.07, 6.45) is -0.407. The Morgan fingerprint density at radius 2 is 2.00 bits per heavy atom. The van der Waals surface area contributed by atoms with E-state index in [1.807, 2.05) is 0 Å². The molecule has 0 radical (unpaired) electrons. The van der Waals surface area contributed by atoms with E-state index >= 15 is 0 Å². The average molecular weight is 578 g/mol. The molecule has 0 atom stereocenters. The Balaban J connectivity index is 1.47. The van der Waals surface area contributed by atoms with Gasteiger partial charge in [-0.15, -0.1) is 0 Å². The zero-order chi connectivity index (χ0) is 28.5.